The van der Waals surface area contributed by atoms with Gasteiger partial charge in [0.2, 0.25) is 0 Å². The van der Waals surface area contributed by atoms with Crippen LogP contribution >= 0.6 is 0 Å². The van der Waals surface area contributed by atoms with E-state index < -0.39 is 0 Å². The van der Waals surface area contributed by atoms with Crippen LogP contribution in [0.5, 0.6) is 5.75 Å². The summed E-state index contributed by atoms with van der Waals surface area (Å²) >= 11 is 0. The molecule has 1 aliphatic rings. The minimum atomic E-state index is 0.902. The maximum absolute atomic E-state index is 5.12. The van der Waals surface area contributed by atoms with Gasteiger partial charge in [-0.15, -0.1) is 0 Å². The highest BCUT2D eigenvalue weighted by Crippen LogP contribution is 2.17. The van der Waals surface area contributed by atoms with Gasteiger partial charge in [0.1, 0.15) is 5.75 Å². The standard InChI is InChI=1S/C12H18N2O/c1-15-12-7-5-11(6-8-12)13-14-9-3-2-4-10-14/h5-8,13H,2-4,9-10H2,1H3. The van der Waals surface area contributed by atoms with Crippen molar-refractivity contribution in [1.29, 1.82) is 0 Å². The van der Waals surface area contributed by atoms with Crippen LogP contribution in [0.4, 0.5) is 5.69 Å². The van der Waals surface area contributed by atoms with Crippen LogP contribution in [0.1, 0.15) is 19.3 Å². The van der Waals surface area contributed by atoms with Gasteiger partial charge >= 0.3 is 0 Å². The van der Waals surface area contributed by atoms with E-state index in [2.05, 4.69) is 10.4 Å². The molecule has 0 aromatic heterocycles. The second-order valence-corrected chi connectivity index (χ2v) is 3.89. The third-order valence-electron chi connectivity index (χ3n) is 2.73. The van der Waals surface area contributed by atoms with Crippen molar-refractivity contribution in [3.8, 4) is 5.75 Å². The minimum absolute atomic E-state index is 0.902. The number of hydrogen-bond donors (Lipinski definition) is 1. The predicted molar refractivity (Wildman–Crippen MR) is 62.0 cm³/mol. The van der Waals surface area contributed by atoms with Gasteiger partial charge in [-0.05, 0) is 37.1 Å². The molecule has 1 aromatic rings. The van der Waals surface area contributed by atoms with Crippen LogP contribution < -0.4 is 10.2 Å². The van der Waals surface area contributed by atoms with Gasteiger partial charge in [-0.25, -0.2) is 5.01 Å². The first-order valence-corrected chi connectivity index (χ1v) is 5.54. The molecule has 1 N–H and O–H groups in total. The molecule has 1 aromatic carbocycles. The number of nitrogens with one attached hydrogen (secondary N) is 1. The number of benzene rings is 1. The van der Waals surface area contributed by atoms with E-state index in [1.165, 1.54) is 19.3 Å². The monoisotopic (exact) mass is 206 g/mol. The van der Waals surface area contributed by atoms with Crippen molar-refractivity contribution in [2.24, 2.45) is 0 Å². The summed E-state index contributed by atoms with van der Waals surface area (Å²) in [5.41, 5.74) is 4.55. The topological polar surface area (TPSA) is 24.5 Å². The maximum atomic E-state index is 5.12. The lowest BCUT2D eigenvalue weighted by molar-refractivity contribution is 0.273. The molecule has 0 aliphatic carbocycles. The zero-order chi connectivity index (χ0) is 10.5. The summed E-state index contributed by atoms with van der Waals surface area (Å²) in [5.74, 6) is 0.902. The highest BCUT2D eigenvalue weighted by atomic mass is 16.5. The Kier molecular flexibility index (Phi) is 3.45. The van der Waals surface area contributed by atoms with Crippen molar-refractivity contribution in [1.82, 2.24) is 5.01 Å². The summed E-state index contributed by atoms with van der Waals surface area (Å²) in [4.78, 5) is 0. The van der Waals surface area contributed by atoms with Crippen LogP contribution in [0, 0.1) is 0 Å². The Labute approximate surface area is 91.0 Å². The van der Waals surface area contributed by atoms with E-state index in [0.717, 1.165) is 24.5 Å². The summed E-state index contributed by atoms with van der Waals surface area (Å²) in [6, 6.07) is 8.05. The summed E-state index contributed by atoms with van der Waals surface area (Å²) in [5, 5.41) is 2.28. The first-order valence-electron chi connectivity index (χ1n) is 5.54. The molecule has 0 unspecified atom stereocenters. The Hall–Kier alpha value is -1.22. The van der Waals surface area contributed by atoms with Crippen LogP contribution in [-0.2, 0) is 0 Å². The van der Waals surface area contributed by atoms with Crippen LogP contribution in [0.25, 0.3) is 0 Å². The van der Waals surface area contributed by atoms with Crippen LogP contribution in [0.2, 0.25) is 0 Å². The third kappa shape index (κ3) is 2.86. The van der Waals surface area contributed by atoms with Crippen molar-refractivity contribution < 1.29 is 4.74 Å². The van der Waals surface area contributed by atoms with Crippen molar-refractivity contribution in [2.45, 2.75) is 19.3 Å². The number of anilines is 1. The molecular weight excluding hydrogens is 188 g/mol. The van der Waals surface area contributed by atoms with E-state index in [1.807, 2.05) is 24.3 Å². The zero-order valence-corrected chi connectivity index (χ0v) is 9.20. The first-order chi connectivity index (χ1) is 7.38. The highest BCUT2D eigenvalue weighted by Gasteiger charge is 2.09. The Morgan fingerprint density at radius 1 is 1.07 bits per heavy atom. The summed E-state index contributed by atoms with van der Waals surface area (Å²) in [7, 11) is 1.69. The smallest absolute Gasteiger partial charge is 0.119 e. The number of piperidine rings is 1. The average molecular weight is 206 g/mol. The fourth-order valence-corrected chi connectivity index (χ4v) is 1.85. The van der Waals surface area contributed by atoms with Crippen molar-refractivity contribution in [3.05, 3.63) is 24.3 Å². The number of hydrazine groups is 1. The molecule has 0 saturated carbocycles. The van der Waals surface area contributed by atoms with Gasteiger partial charge in [0.05, 0.1) is 7.11 Å². The Morgan fingerprint density at radius 3 is 2.33 bits per heavy atom. The fraction of sp³-hybridized carbons (Fsp3) is 0.500. The van der Waals surface area contributed by atoms with E-state index >= 15 is 0 Å². The molecule has 3 nitrogen and oxygen atoms in total. The minimum Gasteiger partial charge on any atom is -0.497 e. The second-order valence-electron chi connectivity index (χ2n) is 3.89. The van der Waals surface area contributed by atoms with Gasteiger partial charge in [-0.1, -0.05) is 6.42 Å². The van der Waals surface area contributed by atoms with Crippen LogP contribution in [-0.4, -0.2) is 25.2 Å². The number of ether oxygens (including phenoxy) is 1. The van der Waals surface area contributed by atoms with Gasteiger partial charge < -0.3 is 10.2 Å². The molecule has 0 atom stereocenters. The highest BCUT2D eigenvalue weighted by molar-refractivity contribution is 5.45. The largest absolute Gasteiger partial charge is 0.497 e. The first kappa shape index (κ1) is 10.3. The number of rotatable bonds is 3. The third-order valence-corrected chi connectivity index (χ3v) is 2.73. The average Bonchev–Trinajstić information content (AvgIpc) is 2.31. The second kappa shape index (κ2) is 5.03. The lowest BCUT2D eigenvalue weighted by Crippen LogP contribution is -2.34. The van der Waals surface area contributed by atoms with Crippen molar-refractivity contribution >= 4 is 5.69 Å². The van der Waals surface area contributed by atoms with Gasteiger partial charge in [-0.3, -0.25) is 0 Å². The molecule has 2 rings (SSSR count). The van der Waals surface area contributed by atoms with Gasteiger partial charge in [0.25, 0.3) is 0 Å². The van der Waals surface area contributed by atoms with Gasteiger partial charge in [0.15, 0.2) is 0 Å². The van der Waals surface area contributed by atoms with Crippen molar-refractivity contribution in [3.63, 3.8) is 0 Å². The SMILES string of the molecule is COc1ccc(NN2CCCCC2)cc1. The van der Waals surface area contributed by atoms with Gasteiger partial charge in [0, 0.05) is 18.8 Å². The lowest BCUT2D eigenvalue weighted by Gasteiger charge is -2.27. The molecule has 1 heterocycles. The number of nitrogens with zero attached hydrogens (tertiary/aromatic N) is 1. The lowest BCUT2D eigenvalue weighted by atomic mass is 10.2. The molecule has 15 heavy (non-hydrogen) atoms. The van der Waals surface area contributed by atoms with E-state index in [-0.39, 0.29) is 0 Å². The molecule has 0 spiro atoms. The molecule has 1 saturated heterocycles. The van der Waals surface area contributed by atoms with E-state index in [0.29, 0.717) is 0 Å². The van der Waals surface area contributed by atoms with E-state index in [9.17, 15) is 0 Å². The number of methoxy groups -OCH3 is 1. The quantitative estimate of drug-likeness (QED) is 0.822. The summed E-state index contributed by atoms with van der Waals surface area (Å²) < 4.78 is 5.12. The molecule has 1 fully saturated rings. The fourth-order valence-electron chi connectivity index (χ4n) is 1.85. The van der Waals surface area contributed by atoms with E-state index in [4.69, 9.17) is 4.74 Å². The van der Waals surface area contributed by atoms with Crippen molar-refractivity contribution in [2.75, 3.05) is 25.6 Å². The predicted octanol–water partition coefficient (Wildman–Crippen LogP) is 2.51. The molecule has 0 amide bonds. The molecule has 1 aliphatic heterocycles. The van der Waals surface area contributed by atoms with Crippen LogP contribution in [0.15, 0.2) is 24.3 Å². The van der Waals surface area contributed by atoms with E-state index in [1.54, 1.807) is 7.11 Å². The molecular formula is C12H18N2O. The molecule has 82 valence electrons. The summed E-state index contributed by atoms with van der Waals surface area (Å²) in [6.45, 7) is 2.29. The van der Waals surface area contributed by atoms with Gasteiger partial charge in [-0.2, -0.15) is 0 Å². The Morgan fingerprint density at radius 2 is 1.73 bits per heavy atom. The zero-order valence-electron chi connectivity index (χ0n) is 9.20. The maximum Gasteiger partial charge on any atom is 0.119 e. The normalized spacial score (nSPS) is 17.4. The van der Waals surface area contributed by atoms with Crippen LogP contribution in [0.3, 0.4) is 0 Å². The Bertz CT molecular complexity index is 291. The number of hydrogen-bond acceptors (Lipinski definition) is 3. The summed E-state index contributed by atoms with van der Waals surface area (Å²) in [6.07, 6.45) is 3.95. The molecule has 0 radical (unpaired) electrons. The molecule has 0 bridgehead atoms. The Balaban J connectivity index is 1.91. The molecule has 3 heteroatoms.